The number of phenols is 1. The molecule has 0 saturated carbocycles. The van der Waals surface area contributed by atoms with E-state index in [0.717, 1.165) is 18.4 Å². The summed E-state index contributed by atoms with van der Waals surface area (Å²) in [4.78, 5) is 23.4. The molecular weight excluding hydrogens is 304 g/mol. The maximum Gasteiger partial charge on any atom is 0.252 e. The average Bonchev–Trinajstić information content (AvgIpc) is 2.59. The Morgan fingerprint density at radius 2 is 2.17 bits per heavy atom. The minimum Gasteiger partial charge on any atom is -0.507 e. The Bertz CT molecular complexity index is 780. The number of amides is 1. The summed E-state index contributed by atoms with van der Waals surface area (Å²) >= 11 is 0. The minimum absolute atomic E-state index is 0.0511. The number of hydrogen-bond acceptors (Lipinski definition) is 4. The van der Waals surface area contributed by atoms with Crippen molar-refractivity contribution >= 4 is 11.7 Å². The van der Waals surface area contributed by atoms with E-state index >= 15 is 0 Å². The molecule has 0 fully saturated rings. The minimum atomic E-state index is -0.764. The first-order chi connectivity index (χ1) is 11.5. The van der Waals surface area contributed by atoms with Gasteiger partial charge in [-0.15, -0.1) is 0 Å². The summed E-state index contributed by atoms with van der Waals surface area (Å²) < 4.78 is 0. The van der Waals surface area contributed by atoms with Crippen molar-refractivity contribution in [1.29, 1.82) is 0 Å². The van der Waals surface area contributed by atoms with Gasteiger partial charge in [0, 0.05) is 17.2 Å². The molecule has 1 aliphatic carbocycles. The Morgan fingerprint density at radius 1 is 1.38 bits per heavy atom. The average molecular weight is 324 g/mol. The van der Waals surface area contributed by atoms with Crippen LogP contribution in [0.4, 0.5) is 0 Å². The second kappa shape index (κ2) is 8.14. The number of primary amides is 1. The van der Waals surface area contributed by atoms with Gasteiger partial charge in [-0.3, -0.25) is 9.59 Å². The molecule has 1 amide bonds. The smallest absolute Gasteiger partial charge is 0.252 e. The quantitative estimate of drug-likeness (QED) is 0.505. The lowest BCUT2D eigenvalue weighted by Crippen LogP contribution is -2.31. The van der Waals surface area contributed by atoms with Crippen LogP contribution in [0.2, 0.25) is 0 Å². The van der Waals surface area contributed by atoms with Crippen LogP contribution >= 0.6 is 0 Å². The molecule has 4 N–H and O–H groups in total. The molecule has 0 spiro atoms. The van der Waals surface area contributed by atoms with E-state index in [2.05, 4.69) is 16.8 Å². The fourth-order valence-corrected chi connectivity index (χ4v) is 2.28. The van der Waals surface area contributed by atoms with Crippen LogP contribution in [-0.4, -0.2) is 29.4 Å². The number of aromatic hydroxyl groups is 1. The first kappa shape index (κ1) is 17.5. The summed E-state index contributed by atoms with van der Waals surface area (Å²) in [5, 5.41) is 12.7. The summed E-state index contributed by atoms with van der Waals surface area (Å²) in [6, 6.07) is 4.25. The second-order valence-electron chi connectivity index (χ2n) is 5.66. The largest absolute Gasteiger partial charge is 0.507 e. The molecule has 1 aliphatic rings. The van der Waals surface area contributed by atoms with Crippen LogP contribution in [0.25, 0.3) is 0 Å². The van der Waals surface area contributed by atoms with Crippen molar-refractivity contribution in [3.63, 3.8) is 0 Å². The molecule has 0 aromatic heterocycles. The summed E-state index contributed by atoms with van der Waals surface area (Å²) in [7, 11) is 0. The number of benzene rings is 1. The molecule has 1 unspecified atom stereocenters. The lowest BCUT2D eigenvalue weighted by Gasteiger charge is -2.13. The maximum atomic E-state index is 12.2. The molecule has 1 aromatic rings. The maximum absolute atomic E-state index is 12.2. The molecule has 124 valence electrons. The van der Waals surface area contributed by atoms with Crippen molar-refractivity contribution in [2.75, 3.05) is 6.54 Å². The predicted octanol–water partition coefficient (Wildman–Crippen LogP) is 2.24. The van der Waals surface area contributed by atoms with E-state index in [-0.39, 0.29) is 29.7 Å². The first-order valence-corrected chi connectivity index (χ1v) is 7.74. The van der Waals surface area contributed by atoms with Crippen LogP contribution in [0.3, 0.4) is 0 Å². The number of carbonyl (C=O) groups excluding carboxylic acids is 2. The summed E-state index contributed by atoms with van der Waals surface area (Å²) in [5.74, 6) is -1.15. The van der Waals surface area contributed by atoms with Crippen LogP contribution in [0.5, 0.6) is 5.75 Å². The Labute approximate surface area is 140 Å². The third kappa shape index (κ3) is 4.83. The highest BCUT2D eigenvalue weighted by atomic mass is 16.3. The topological polar surface area (TPSA) is 92.4 Å². The van der Waals surface area contributed by atoms with E-state index < -0.39 is 5.91 Å². The van der Waals surface area contributed by atoms with E-state index in [9.17, 15) is 14.7 Å². The second-order valence-corrected chi connectivity index (χ2v) is 5.66. The third-order valence-corrected chi connectivity index (χ3v) is 3.75. The van der Waals surface area contributed by atoms with Crippen LogP contribution in [0, 0.1) is 0 Å². The number of carbonyl (C=O) groups is 2. The number of allylic oxidation sites excluding steroid dienone is 4. The number of hydrogen-bond donors (Lipinski definition) is 3. The van der Waals surface area contributed by atoms with E-state index in [0.29, 0.717) is 5.56 Å². The number of Topliss-reactive ketones (excluding diaryl/α,β-unsaturated/α-hetero) is 1. The highest BCUT2D eigenvalue weighted by Gasteiger charge is 2.13. The van der Waals surface area contributed by atoms with Gasteiger partial charge in [-0.25, -0.2) is 0 Å². The predicted molar refractivity (Wildman–Crippen MR) is 91.9 cm³/mol. The normalized spacial score (nSPS) is 13.6. The zero-order valence-electron chi connectivity index (χ0n) is 13.5. The Kier molecular flexibility index (Phi) is 5.94. The van der Waals surface area contributed by atoms with Gasteiger partial charge in [0.25, 0.3) is 5.91 Å². The molecule has 0 heterocycles. The van der Waals surface area contributed by atoms with Gasteiger partial charge in [-0.05, 0) is 50.1 Å². The van der Waals surface area contributed by atoms with Gasteiger partial charge in [0.2, 0.25) is 0 Å². The van der Waals surface area contributed by atoms with Gasteiger partial charge in [0.05, 0.1) is 12.1 Å². The molecule has 0 saturated heterocycles. The van der Waals surface area contributed by atoms with Gasteiger partial charge in [-0.2, -0.15) is 0 Å². The molecule has 24 heavy (non-hydrogen) atoms. The summed E-state index contributed by atoms with van der Waals surface area (Å²) in [5.41, 5.74) is 12.5. The zero-order valence-corrected chi connectivity index (χ0v) is 13.5. The van der Waals surface area contributed by atoms with Crippen molar-refractivity contribution in [1.82, 2.24) is 5.32 Å². The molecule has 1 atom stereocenters. The Morgan fingerprint density at radius 3 is 2.83 bits per heavy atom. The van der Waals surface area contributed by atoms with Crippen molar-refractivity contribution in [2.24, 2.45) is 5.73 Å². The lowest BCUT2D eigenvalue weighted by atomic mass is 10.0. The Balaban J connectivity index is 1.87. The van der Waals surface area contributed by atoms with Gasteiger partial charge in [-0.1, -0.05) is 17.5 Å². The fraction of sp³-hybridized carbons (Fsp3) is 0.263. The molecule has 5 nitrogen and oxygen atoms in total. The van der Waals surface area contributed by atoms with Crippen LogP contribution < -0.4 is 11.1 Å². The molecule has 0 aliphatic heterocycles. The van der Waals surface area contributed by atoms with E-state index in [1.807, 2.05) is 25.2 Å². The number of nitrogens with two attached hydrogens (primary N) is 1. The van der Waals surface area contributed by atoms with Crippen molar-refractivity contribution in [3.8, 4) is 5.75 Å². The van der Waals surface area contributed by atoms with Crippen LogP contribution in [-0.2, 0) is 0 Å². The molecule has 0 radical (unpaired) electrons. The van der Waals surface area contributed by atoms with Crippen molar-refractivity contribution < 1.29 is 14.7 Å². The monoisotopic (exact) mass is 324 g/mol. The van der Waals surface area contributed by atoms with Gasteiger partial charge >= 0.3 is 0 Å². The fourth-order valence-electron chi connectivity index (χ4n) is 2.28. The van der Waals surface area contributed by atoms with Crippen molar-refractivity contribution in [3.05, 3.63) is 64.6 Å². The molecule has 1 aromatic carbocycles. The standard InChI is InChI=1S/C19H20N2O3/c1-13(7-8-14-5-3-2-4-6-14)21-12-18(23)15-9-10-17(22)16(11-15)19(20)24/h2-3,5,9-11,13,21-22H,7-8,12H2,1H3,(H2,20,24). The molecular formula is C19H20N2O3. The summed E-state index contributed by atoms with van der Waals surface area (Å²) in [6.45, 7) is 2.15. The Hall–Kier alpha value is -2.84. The molecule has 5 heteroatoms. The number of ketones is 1. The van der Waals surface area contributed by atoms with E-state index in [4.69, 9.17) is 5.73 Å². The highest BCUT2D eigenvalue weighted by molar-refractivity contribution is 6.02. The molecule has 0 bridgehead atoms. The lowest BCUT2D eigenvalue weighted by molar-refractivity contribution is 0.0987. The van der Waals surface area contributed by atoms with Gasteiger partial charge in [0.15, 0.2) is 5.78 Å². The third-order valence-electron chi connectivity index (χ3n) is 3.75. The van der Waals surface area contributed by atoms with Gasteiger partial charge in [0.1, 0.15) is 5.75 Å². The SMILES string of the molecule is CC(CCC1=C=C=CC=C1)NCC(=O)c1ccc(O)c(C(N)=O)c1. The molecule has 2 rings (SSSR count). The van der Waals surface area contributed by atoms with Crippen molar-refractivity contribution in [2.45, 2.75) is 25.8 Å². The summed E-state index contributed by atoms with van der Waals surface area (Å²) in [6.07, 6.45) is 7.45. The van der Waals surface area contributed by atoms with Crippen LogP contribution in [0.1, 0.15) is 40.5 Å². The number of rotatable bonds is 8. The zero-order chi connectivity index (χ0) is 17.5. The first-order valence-electron chi connectivity index (χ1n) is 7.74. The highest BCUT2D eigenvalue weighted by Crippen LogP contribution is 2.18. The van der Waals surface area contributed by atoms with E-state index in [1.54, 1.807) is 0 Å². The van der Waals surface area contributed by atoms with E-state index in [1.165, 1.54) is 18.2 Å². The van der Waals surface area contributed by atoms with Gasteiger partial charge < -0.3 is 16.2 Å². The number of nitrogens with one attached hydrogen (secondary N) is 1. The van der Waals surface area contributed by atoms with Crippen LogP contribution in [0.15, 0.2) is 53.5 Å².